The molecule has 0 N–H and O–H groups in total. The summed E-state index contributed by atoms with van der Waals surface area (Å²) in [5.74, 6) is 0. The highest BCUT2D eigenvalue weighted by atomic mass is 15.2. The summed E-state index contributed by atoms with van der Waals surface area (Å²) in [6, 6.07) is 72.1. The van der Waals surface area contributed by atoms with Gasteiger partial charge in [-0.2, -0.15) is 0 Å². The van der Waals surface area contributed by atoms with Gasteiger partial charge in [0.25, 0.3) is 0 Å². The lowest BCUT2D eigenvalue weighted by molar-refractivity contribution is 1.13. The molecule has 1 aliphatic heterocycles. The second kappa shape index (κ2) is 12.2. The summed E-state index contributed by atoms with van der Waals surface area (Å²) in [5, 5.41) is 4.79. The molecule has 10 aromatic rings. The molecule has 0 bridgehead atoms. The van der Waals surface area contributed by atoms with Crippen LogP contribution in [-0.4, -0.2) is 9.55 Å². The lowest BCUT2D eigenvalue weighted by Gasteiger charge is -2.28. The zero-order valence-corrected chi connectivity index (χ0v) is 29.4. The van der Waals surface area contributed by atoms with Crippen LogP contribution in [0.2, 0.25) is 0 Å². The molecule has 0 saturated heterocycles. The minimum atomic E-state index is 1.00. The van der Waals surface area contributed by atoms with Gasteiger partial charge >= 0.3 is 0 Å². The van der Waals surface area contributed by atoms with E-state index in [9.17, 15) is 0 Å². The Bertz CT molecular complexity index is 3060. The fourth-order valence-electron chi connectivity index (χ4n) is 8.56. The maximum atomic E-state index is 5.21. The maximum absolute atomic E-state index is 5.21. The van der Waals surface area contributed by atoms with Gasteiger partial charge in [0.15, 0.2) is 0 Å². The number of rotatable bonds is 4. The third-order valence-electron chi connectivity index (χ3n) is 10.9. The molecule has 11 rings (SSSR count). The van der Waals surface area contributed by atoms with E-state index < -0.39 is 0 Å². The summed E-state index contributed by atoms with van der Waals surface area (Å²) >= 11 is 0. The van der Waals surface area contributed by atoms with E-state index in [1.54, 1.807) is 0 Å². The Labute approximate surface area is 313 Å². The van der Waals surface area contributed by atoms with E-state index in [0.29, 0.717) is 0 Å². The van der Waals surface area contributed by atoms with Crippen LogP contribution in [0.3, 0.4) is 0 Å². The quantitative estimate of drug-likeness (QED) is 0.172. The molecule has 2 aromatic heterocycles. The summed E-state index contributed by atoms with van der Waals surface area (Å²) in [5.41, 5.74) is 16.0. The van der Waals surface area contributed by atoms with Gasteiger partial charge in [-0.15, -0.1) is 0 Å². The Kier molecular flexibility index (Phi) is 6.86. The van der Waals surface area contributed by atoms with E-state index in [2.05, 4.69) is 210 Å². The molecule has 0 radical (unpaired) electrons. The number of hydrogen-bond acceptors (Lipinski definition) is 2. The van der Waals surface area contributed by atoms with Crippen LogP contribution >= 0.6 is 0 Å². The molecule has 54 heavy (non-hydrogen) atoms. The number of benzene rings is 8. The number of para-hydroxylation sites is 5. The molecule has 0 fully saturated rings. The van der Waals surface area contributed by atoms with Gasteiger partial charge in [0.05, 0.1) is 33.8 Å². The summed E-state index contributed by atoms with van der Waals surface area (Å²) in [7, 11) is 0. The average molecular weight is 688 g/mol. The minimum absolute atomic E-state index is 1.00. The second-order valence-corrected chi connectivity index (χ2v) is 13.9. The maximum Gasteiger partial charge on any atom is 0.0788 e. The van der Waals surface area contributed by atoms with Crippen LogP contribution < -0.4 is 4.90 Å². The fourth-order valence-corrected chi connectivity index (χ4v) is 8.56. The SMILES string of the molecule is c1ccc(-n2c3c(c4ccccc42)-c2ccccc2N(c2cccc(-c4cccc(-c5nc6ccccc6c6ccccc56)c4)c2)c2ccccc2-3)cc1. The highest BCUT2D eigenvalue weighted by Gasteiger charge is 2.31. The van der Waals surface area contributed by atoms with Gasteiger partial charge in [0, 0.05) is 49.8 Å². The largest absolute Gasteiger partial charge is 0.309 e. The van der Waals surface area contributed by atoms with Crippen molar-refractivity contribution in [1.82, 2.24) is 9.55 Å². The molecule has 0 atom stereocenters. The van der Waals surface area contributed by atoms with Crippen LogP contribution in [0.15, 0.2) is 200 Å². The van der Waals surface area contributed by atoms with Crippen LogP contribution in [0.1, 0.15) is 0 Å². The van der Waals surface area contributed by atoms with Crippen molar-refractivity contribution >= 4 is 49.6 Å². The standard InChI is InChI=1S/C51H33N3/c1-2-19-37(20-3-1)54-47-30-12-8-26-43(47)49-42-25-7-11-29-46(42)53(48-31-13-9-27-44(48)51(49)54)38-21-15-17-35(33-38)34-16-14-18-36(32-34)50-41-24-5-4-22-39(41)40-23-6-10-28-45(40)52-50/h1-33H. The monoisotopic (exact) mass is 687 g/mol. The van der Waals surface area contributed by atoms with Crippen molar-refractivity contribution in [3.63, 3.8) is 0 Å². The lowest BCUT2D eigenvalue weighted by atomic mass is 9.97. The molecule has 0 aliphatic carbocycles. The summed E-state index contributed by atoms with van der Waals surface area (Å²) < 4.78 is 2.44. The Hall–Kier alpha value is -7.23. The molecule has 0 unspecified atom stereocenters. The predicted molar refractivity (Wildman–Crippen MR) is 226 cm³/mol. The molecule has 8 aromatic carbocycles. The zero-order chi connectivity index (χ0) is 35.6. The zero-order valence-electron chi connectivity index (χ0n) is 29.4. The minimum Gasteiger partial charge on any atom is -0.309 e. The number of anilines is 3. The topological polar surface area (TPSA) is 21.1 Å². The number of aromatic nitrogens is 2. The van der Waals surface area contributed by atoms with Crippen molar-refractivity contribution in [3.8, 4) is 50.5 Å². The first kappa shape index (κ1) is 30.4. The van der Waals surface area contributed by atoms with E-state index in [0.717, 1.165) is 56.0 Å². The predicted octanol–water partition coefficient (Wildman–Crippen LogP) is 13.8. The van der Waals surface area contributed by atoms with Crippen LogP contribution in [0.5, 0.6) is 0 Å². The van der Waals surface area contributed by atoms with Gasteiger partial charge in [-0.1, -0.05) is 146 Å². The Balaban J connectivity index is 1.11. The van der Waals surface area contributed by atoms with Gasteiger partial charge in [0.1, 0.15) is 0 Å². The second-order valence-electron chi connectivity index (χ2n) is 13.9. The van der Waals surface area contributed by atoms with Gasteiger partial charge in [-0.05, 0) is 71.1 Å². The van der Waals surface area contributed by atoms with Gasteiger partial charge in [-0.3, -0.25) is 0 Å². The lowest BCUT2D eigenvalue weighted by Crippen LogP contribution is -2.11. The van der Waals surface area contributed by atoms with Crippen LogP contribution in [0.25, 0.3) is 83.0 Å². The van der Waals surface area contributed by atoms with Crippen molar-refractivity contribution < 1.29 is 0 Å². The fraction of sp³-hybridized carbons (Fsp3) is 0. The van der Waals surface area contributed by atoms with E-state index in [1.807, 2.05) is 0 Å². The third kappa shape index (κ3) is 4.65. The Morgan fingerprint density at radius 3 is 1.78 bits per heavy atom. The van der Waals surface area contributed by atoms with Crippen molar-refractivity contribution in [2.75, 3.05) is 4.90 Å². The van der Waals surface area contributed by atoms with Crippen LogP contribution in [-0.2, 0) is 0 Å². The Morgan fingerprint density at radius 2 is 0.944 bits per heavy atom. The van der Waals surface area contributed by atoms with Crippen molar-refractivity contribution in [2.45, 2.75) is 0 Å². The first-order valence-corrected chi connectivity index (χ1v) is 18.5. The Morgan fingerprint density at radius 1 is 0.370 bits per heavy atom. The highest BCUT2D eigenvalue weighted by molar-refractivity contribution is 6.13. The van der Waals surface area contributed by atoms with Crippen LogP contribution in [0, 0.1) is 0 Å². The van der Waals surface area contributed by atoms with E-state index in [4.69, 9.17) is 4.98 Å². The molecular formula is C51H33N3. The van der Waals surface area contributed by atoms with Gasteiger partial charge in [0.2, 0.25) is 0 Å². The summed E-state index contributed by atoms with van der Waals surface area (Å²) in [6.45, 7) is 0. The third-order valence-corrected chi connectivity index (χ3v) is 10.9. The number of fused-ring (bicyclic) bond motifs is 10. The smallest absolute Gasteiger partial charge is 0.0788 e. The molecule has 252 valence electrons. The molecular weight excluding hydrogens is 655 g/mol. The number of hydrogen-bond donors (Lipinski definition) is 0. The molecule has 0 spiro atoms. The van der Waals surface area contributed by atoms with E-state index in [1.165, 1.54) is 44.1 Å². The van der Waals surface area contributed by atoms with Crippen molar-refractivity contribution in [3.05, 3.63) is 200 Å². The highest BCUT2D eigenvalue weighted by Crippen LogP contribution is 2.54. The number of pyridine rings is 1. The van der Waals surface area contributed by atoms with Crippen LogP contribution in [0.4, 0.5) is 17.1 Å². The molecule has 3 heterocycles. The van der Waals surface area contributed by atoms with Gasteiger partial charge < -0.3 is 9.47 Å². The van der Waals surface area contributed by atoms with E-state index >= 15 is 0 Å². The molecule has 1 aliphatic rings. The van der Waals surface area contributed by atoms with Crippen molar-refractivity contribution in [1.29, 1.82) is 0 Å². The molecule has 0 amide bonds. The first-order chi connectivity index (χ1) is 26.8. The van der Waals surface area contributed by atoms with E-state index in [-0.39, 0.29) is 0 Å². The average Bonchev–Trinajstić information content (AvgIpc) is 3.53. The molecule has 3 nitrogen and oxygen atoms in total. The summed E-state index contributed by atoms with van der Waals surface area (Å²) in [4.78, 5) is 7.66. The summed E-state index contributed by atoms with van der Waals surface area (Å²) in [6.07, 6.45) is 0. The van der Waals surface area contributed by atoms with Crippen molar-refractivity contribution in [2.24, 2.45) is 0 Å². The van der Waals surface area contributed by atoms with Gasteiger partial charge in [-0.25, -0.2) is 4.98 Å². The first-order valence-electron chi connectivity index (χ1n) is 18.5. The normalized spacial score (nSPS) is 12.0. The number of nitrogens with zero attached hydrogens (tertiary/aromatic N) is 3. The molecule has 0 saturated carbocycles. The molecule has 3 heteroatoms.